The van der Waals surface area contributed by atoms with Crippen LogP contribution in [0, 0.1) is 15.9 Å². The van der Waals surface area contributed by atoms with Crippen molar-refractivity contribution in [2.75, 3.05) is 48.7 Å². The molecule has 3 rings (SSSR count). The van der Waals surface area contributed by atoms with Crippen LogP contribution in [0.3, 0.4) is 0 Å². The lowest BCUT2D eigenvalue weighted by Gasteiger charge is -2.13. The van der Waals surface area contributed by atoms with E-state index in [1.54, 1.807) is 62.3 Å². The summed E-state index contributed by atoms with van der Waals surface area (Å²) in [5, 5.41) is 18.4. The van der Waals surface area contributed by atoms with Crippen molar-refractivity contribution in [2.24, 2.45) is 5.10 Å². The van der Waals surface area contributed by atoms with Gasteiger partial charge in [-0.1, -0.05) is 6.07 Å². The second kappa shape index (κ2) is 9.64. The molecule has 12 heteroatoms. The molecule has 0 aliphatic carbocycles. The number of nitrogens with zero attached hydrogens (tertiary/aromatic N) is 7. The van der Waals surface area contributed by atoms with E-state index >= 15 is 0 Å². The molecule has 0 bridgehead atoms. The molecule has 0 atom stereocenters. The van der Waals surface area contributed by atoms with Crippen molar-refractivity contribution in [3.63, 3.8) is 0 Å². The van der Waals surface area contributed by atoms with Crippen LogP contribution in [0.25, 0.3) is 0 Å². The van der Waals surface area contributed by atoms with Crippen LogP contribution in [-0.2, 0) is 0 Å². The second-order valence-corrected chi connectivity index (χ2v) is 7.08. The smallest absolute Gasteiger partial charge is 0.293 e. The fraction of sp³-hybridized carbons (Fsp3) is 0.200. The number of hydrogen-bond acceptors (Lipinski definition) is 10. The standard InChI is InChI=1S/C20H22FN9O2/c1-28(2)16-10-5-13(11-17(16)30(31)32)12-22-27-19-24-18(25-20(26-19)29(3)4)23-15-8-6-14(21)7-9-15/h5-12H,1-4H3,(H2,23,24,25,26,27)/b22-12-. The summed E-state index contributed by atoms with van der Waals surface area (Å²) >= 11 is 0. The number of rotatable bonds is 8. The molecule has 0 radical (unpaired) electrons. The molecule has 11 nitrogen and oxygen atoms in total. The molecule has 0 fully saturated rings. The van der Waals surface area contributed by atoms with Crippen LogP contribution < -0.4 is 20.5 Å². The lowest BCUT2D eigenvalue weighted by Crippen LogP contribution is -2.15. The van der Waals surface area contributed by atoms with Crippen molar-refractivity contribution in [3.05, 3.63) is 64.0 Å². The van der Waals surface area contributed by atoms with Gasteiger partial charge in [0, 0.05) is 45.5 Å². The number of anilines is 5. The third-order valence-corrected chi connectivity index (χ3v) is 4.18. The van der Waals surface area contributed by atoms with Gasteiger partial charge in [-0.25, -0.2) is 9.82 Å². The summed E-state index contributed by atoms with van der Waals surface area (Å²) in [5.74, 6) is 0.409. The zero-order valence-electron chi connectivity index (χ0n) is 17.9. The molecule has 1 aromatic heterocycles. The van der Waals surface area contributed by atoms with E-state index in [4.69, 9.17) is 0 Å². The monoisotopic (exact) mass is 439 g/mol. The Morgan fingerprint density at radius 2 is 1.69 bits per heavy atom. The summed E-state index contributed by atoms with van der Waals surface area (Å²) in [4.78, 5) is 27.1. The predicted octanol–water partition coefficient (Wildman–Crippen LogP) is 3.24. The van der Waals surface area contributed by atoms with Gasteiger partial charge < -0.3 is 15.1 Å². The maximum Gasteiger partial charge on any atom is 0.293 e. The zero-order valence-corrected chi connectivity index (χ0v) is 17.9. The third kappa shape index (κ3) is 5.62. The summed E-state index contributed by atoms with van der Waals surface area (Å²) in [5.41, 5.74) is 4.30. The molecule has 0 unspecified atom stereocenters. The van der Waals surface area contributed by atoms with Crippen molar-refractivity contribution in [1.29, 1.82) is 0 Å². The fourth-order valence-corrected chi connectivity index (χ4v) is 2.64. The fourth-order valence-electron chi connectivity index (χ4n) is 2.64. The Labute approximate surface area is 183 Å². The number of nitro groups is 1. The average molecular weight is 439 g/mol. The number of halogens is 1. The highest BCUT2D eigenvalue weighted by molar-refractivity contribution is 5.83. The Balaban J connectivity index is 1.81. The molecule has 2 aromatic carbocycles. The Kier molecular flexibility index (Phi) is 6.73. The van der Waals surface area contributed by atoms with Crippen molar-refractivity contribution in [1.82, 2.24) is 15.0 Å². The molecule has 0 spiro atoms. The predicted molar refractivity (Wildman–Crippen MR) is 122 cm³/mol. The van der Waals surface area contributed by atoms with Crippen molar-refractivity contribution in [3.8, 4) is 0 Å². The molecule has 32 heavy (non-hydrogen) atoms. The Bertz CT molecular complexity index is 1130. The summed E-state index contributed by atoms with van der Waals surface area (Å²) in [7, 11) is 7.02. The van der Waals surface area contributed by atoms with E-state index in [-0.39, 0.29) is 23.4 Å². The average Bonchev–Trinajstić information content (AvgIpc) is 2.75. The minimum absolute atomic E-state index is 0.0280. The first-order chi connectivity index (χ1) is 15.2. The van der Waals surface area contributed by atoms with E-state index in [2.05, 4.69) is 30.8 Å². The summed E-state index contributed by atoms with van der Waals surface area (Å²) in [6.07, 6.45) is 1.43. The third-order valence-electron chi connectivity index (χ3n) is 4.18. The summed E-state index contributed by atoms with van der Waals surface area (Å²) in [6, 6.07) is 10.6. The van der Waals surface area contributed by atoms with Gasteiger partial charge in [0.15, 0.2) is 0 Å². The minimum atomic E-state index is -0.442. The van der Waals surface area contributed by atoms with Crippen LogP contribution >= 0.6 is 0 Å². The number of nitro benzene ring substituents is 1. The van der Waals surface area contributed by atoms with Gasteiger partial charge in [-0.2, -0.15) is 20.1 Å². The van der Waals surface area contributed by atoms with Crippen LogP contribution in [0.5, 0.6) is 0 Å². The van der Waals surface area contributed by atoms with E-state index in [0.717, 1.165) is 0 Å². The van der Waals surface area contributed by atoms with E-state index in [1.165, 1.54) is 24.4 Å². The molecule has 0 aliphatic rings. The molecule has 2 N–H and O–H groups in total. The molecule has 166 valence electrons. The molecule has 1 heterocycles. The molecule has 0 saturated carbocycles. The molecule has 0 amide bonds. The highest BCUT2D eigenvalue weighted by atomic mass is 19.1. The van der Waals surface area contributed by atoms with Crippen LogP contribution in [-0.4, -0.2) is 54.3 Å². The quantitative estimate of drug-likeness (QED) is 0.309. The first-order valence-corrected chi connectivity index (χ1v) is 9.44. The van der Waals surface area contributed by atoms with Gasteiger partial charge >= 0.3 is 0 Å². The van der Waals surface area contributed by atoms with Crippen LogP contribution in [0.4, 0.5) is 39.3 Å². The number of hydrazone groups is 1. The molecular weight excluding hydrogens is 417 g/mol. The maximum absolute atomic E-state index is 13.1. The van der Waals surface area contributed by atoms with Crippen molar-refractivity contribution < 1.29 is 9.31 Å². The van der Waals surface area contributed by atoms with Gasteiger partial charge in [0.1, 0.15) is 11.5 Å². The molecule has 3 aromatic rings. The van der Waals surface area contributed by atoms with Gasteiger partial charge in [-0.15, -0.1) is 0 Å². The first-order valence-electron chi connectivity index (χ1n) is 9.44. The van der Waals surface area contributed by atoms with E-state index in [1.807, 2.05) is 0 Å². The lowest BCUT2D eigenvalue weighted by molar-refractivity contribution is -0.384. The van der Waals surface area contributed by atoms with E-state index in [9.17, 15) is 14.5 Å². The number of aromatic nitrogens is 3. The van der Waals surface area contributed by atoms with Gasteiger partial charge in [0.2, 0.25) is 17.8 Å². The topological polar surface area (TPSA) is 125 Å². The Hall–Kier alpha value is -4.35. The first kappa shape index (κ1) is 22.3. The Morgan fingerprint density at radius 3 is 2.31 bits per heavy atom. The SMILES string of the molecule is CN(C)c1nc(N/N=C\c2ccc(N(C)C)c([N+](=O)[O-])c2)nc(Nc2ccc(F)cc2)n1. The maximum atomic E-state index is 13.1. The number of nitrogens with one attached hydrogen (secondary N) is 2. The highest BCUT2D eigenvalue weighted by Crippen LogP contribution is 2.27. The van der Waals surface area contributed by atoms with Gasteiger partial charge in [0.05, 0.1) is 11.1 Å². The highest BCUT2D eigenvalue weighted by Gasteiger charge is 2.15. The van der Waals surface area contributed by atoms with Gasteiger partial charge in [-0.05, 0) is 30.3 Å². The minimum Gasteiger partial charge on any atom is -0.372 e. The molecular formula is C20H22FN9O2. The van der Waals surface area contributed by atoms with E-state index < -0.39 is 4.92 Å². The number of hydrogen-bond donors (Lipinski definition) is 2. The van der Waals surface area contributed by atoms with E-state index in [0.29, 0.717) is 22.9 Å². The van der Waals surface area contributed by atoms with Crippen molar-refractivity contribution >= 4 is 41.1 Å². The summed E-state index contributed by atoms with van der Waals surface area (Å²) in [6.45, 7) is 0. The molecule has 0 aliphatic heterocycles. The largest absolute Gasteiger partial charge is 0.372 e. The van der Waals surface area contributed by atoms with Crippen LogP contribution in [0.15, 0.2) is 47.6 Å². The zero-order chi connectivity index (χ0) is 23.3. The normalized spacial score (nSPS) is 10.8. The number of benzene rings is 2. The second-order valence-electron chi connectivity index (χ2n) is 7.08. The summed E-state index contributed by atoms with van der Waals surface area (Å²) < 4.78 is 13.1. The Morgan fingerprint density at radius 1 is 1.00 bits per heavy atom. The molecule has 0 saturated heterocycles. The van der Waals surface area contributed by atoms with Gasteiger partial charge in [-0.3, -0.25) is 10.1 Å². The van der Waals surface area contributed by atoms with Gasteiger partial charge in [0.25, 0.3) is 5.69 Å². The van der Waals surface area contributed by atoms with Crippen LogP contribution in [0.2, 0.25) is 0 Å². The van der Waals surface area contributed by atoms with Crippen molar-refractivity contribution in [2.45, 2.75) is 0 Å². The van der Waals surface area contributed by atoms with Crippen LogP contribution in [0.1, 0.15) is 5.56 Å². The lowest BCUT2D eigenvalue weighted by atomic mass is 10.2.